The lowest BCUT2D eigenvalue weighted by Crippen LogP contribution is -2.54. The van der Waals surface area contributed by atoms with E-state index in [1.165, 1.54) is 22.0 Å². The van der Waals surface area contributed by atoms with Gasteiger partial charge in [0.15, 0.2) is 11.6 Å². The average Bonchev–Trinajstić information content (AvgIpc) is 3.55. The molecule has 62 heavy (non-hydrogen) atoms. The summed E-state index contributed by atoms with van der Waals surface area (Å²) in [7, 11) is 0. The smallest absolute Gasteiger partial charge is 0.329 e. The molecule has 6 rings (SSSR count). The van der Waals surface area contributed by atoms with Gasteiger partial charge >= 0.3 is 11.9 Å². The van der Waals surface area contributed by atoms with E-state index in [0.29, 0.717) is 24.2 Å². The first kappa shape index (κ1) is 45.5. The first-order chi connectivity index (χ1) is 29.5. The fourth-order valence-corrected chi connectivity index (χ4v) is 8.38. The molecule has 0 saturated heterocycles. The Bertz CT molecular complexity index is 2180. The van der Waals surface area contributed by atoms with Crippen molar-refractivity contribution in [2.45, 2.75) is 91.3 Å². The molecule has 3 aromatic rings. The number of nitrogens with zero attached hydrogens (tertiary/aromatic N) is 2. The second kappa shape index (κ2) is 19.8. The molecule has 12 nitrogen and oxygen atoms in total. The fraction of sp³-hybridized carbons (Fsp3) is 0.440. The maximum Gasteiger partial charge on any atom is 0.329 e. The predicted molar refractivity (Wildman–Crippen MR) is 236 cm³/mol. The number of hydrogen-bond donors (Lipinski definition) is 2. The van der Waals surface area contributed by atoms with E-state index in [1.54, 1.807) is 20.8 Å². The molecule has 0 aromatic heterocycles. The van der Waals surface area contributed by atoms with Gasteiger partial charge in [0.2, 0.25) is 11.8 Å². The van der Waals surface area contributed by atoms with Crippen LogP contribution in [0.3, 0.4) is 0 Å². The van der Waals surface area contributed by atoms with E-state index in [-0.39, 0.29) is 74.4 Å². The number of amides is 2. The Kier molecular flexibility index (Phi) is 14.5. The lowest BCUT2D eigenvalue weighted by atomic mass is 9.96. The van der Waals surface area contributed by atoms with Gasteiger partial charge in [0.25, 0.3) is 0 Å². The van der Waals surface area contributed by atoms with Gasteiger partial charge in [-0.1, -0.05) is 113 Å². The Labute approximate surface area is 365 Å². The third-order valence-electron chi connectivity index (χ3n) is 11.5. The van der Waals surface area contributed by atoms with Crippen LogP contribution in [0.1, 0.15) is 83.9 Å². The van der Waals surface area contributed by atoms with Crippen molar-refractivity contribution in [2.24, 2.45) is 17.8 Å². The minimum absolute atomic E-state index is 0.0356. The highest BCUT2D eigenvalue weighted by molar-refractivity contribution is 6.02. The third kappa shape index (κ3) is 11.3. The number of ketones is 2. The molecule has 2 amide bonds. The topological polar surface area (TPSA) is 151 Å². The van der Waals surface area contributed by atoms with Crippen molar-refractivity contribution in [1.82, 2.24) is 20.4 Å². The van der Waals surface area contributed by atoms with Gasteiger partial charge < -0.3 is 29.9 Å². The molecule has 0 fully saturated rings. The second-order valence-corrected chi connectivity index (χ2v) is 18.1. The number of carbonyl (C=O) groups excluding carboxylic acids is 6. The van der Waals surface area contributed by atoms with Crippen LogP contribution in [0.2, 0.25) is 0 Å². The second-order valence-electron chi connectivity index (χ2n) is 18.1. The Morgan fingerprint density at radius 3 is 1.79 bits per heavy atom. The van der Waals surface area contributed by atoms with Crippen LogP contribution in [0.25, 0.3) is 11.1 Å². The average molecular weight is 845 g/mol. The highest BCUT2D eigenvalue weighted by Gasteiger charge is 2.38. The molecule has 12 heteroatoms. The number of esters is 2. The molecule has 4 atom stereocenters. The maximum absolute atomic E-state index is 14.5. The molecule has 0 spiro atoms. The van der Waals surface area contributed by atoms with E-state index in [0.717, 1.165) is 27.8 Å². The van der Waals surface area contributed by atoms with Crippen LogP contribution in [0.5, 0.6) is 0 Å². The van der Waals surface area contributed by atoms with Gasteiger partial charge in [-0.15, -0.1) is 0 Å². The Morgan fingerprint density at radius 1 is 0.710 bits per heavy atom. The Morgan fingerprint density at radius 2 is 1.24 bits per heavy atom. The van der Waals surface area contributed by atoms with Gasteiger partial charge in [-0.3, -0.25) is 24.0 Å². The fourth-order valence-electron chi connectivity index (χ4n) is 8.38. The first-order valence-electron chi connectivity index (χ1n) is 21.7. The Balaban J connectivity index is 1.17. The van der Waals surface area contributed by atoms with Gasteiger partial charge in [0, 0.05) is 29.5 Å². The lowest BCUT2D eigenvalue weighted by Gasteiger charge is -2.35. The zero-order chi connectivity index (χ0) is 44.7. The van der Waals surface area contributed by atoms with Gasteiger partial charge in [0.05, 0.1) is 26.2 Å². The van der Waals surface area contributed by atoms with Crippen molar-refractivity contribution in [3.63, 3.8) is 0 Å². The van der Waals surface area contributed by atoms with Crippen molar-refractivity contribution < 1.29 is 38.2 Å². The number of rotatable bonds is 16. The monoisotopic (exact) mass is 844 g/mol. The predicted octanol–water partition coefficient (Wildman–Crippen LogP) is 6.14. The summed E-state index contributed by atoms with van der Waals surface area (Å²) in [5, 5.41) is 6.47. The van der Waals surface area contributed by atoms with Crippen LogP contribution in [0.15, 0.2) is 102 Å². The molecule has 3 aliphatic rings. The molecular weight excluding hydrogens is 785 g/mol. The summed E-state index contributed by atoms with van der Waals surface area (Å²) in [6.07, 6.45) is 3.94. The summed E-state index contributed by atoms with van der Waals surface area (Å²) in [5.74, 6) is -4.24. The van der Waals surface area contributed by atoms with E-state index in [1.807, 2.05) is 94.4 Å². The molecule has 2 heterocycles. The molecule has 2 N–H and O–H groups in total. The van der Waals surface area contributed by atoms with E-state index >= 15 is 0 Å². The summed E-state index contributed by atoms with van der Waals surface area (Å²) >= 11 is 0. The van der Waals surface area contributed by atoms with Crippen LogP contribution in [0.4, 0.5) is 0 Å². The molecule has 0 bridgehead atoms. The third-order valence-corrected chi connectivity index (χ3v) is 11.5. The van der Waals surface area contributed by atoms with E-state index in [4.69, 9.17) is 9.47 Å². The summed E-state index contributed by atoms with van der Waals surface area (Å²) in [5.41, 5.74) is 5.10. The standard InChI is InChI=1S/C50H60N4O8/c1-8-32(4)45(49(60)62-50(5,6)7)52-35-25-37(56)29-54(27-35)47(58)44(22-31(2)3)51-34-24-36(55)28-53(26-34)46(57)42(23-33-16-10-9-11-17-33)48(59)61-30-43-40-20-14-12-18-38(40)39-19-13-15-21-41(39)43/h9-21,24-25,31-32,42-45,51-52H,8,22-23,26-30H2,1-7H3. The molecule has 4 unspecified atom stereocenters. The van der Waals surface area contributed by atoms with Crippen LogP contribution in [-0.2, 0) is 44.7 Å². The number of fused-ring (bicyclic) bond motifs is 3. The minimum atomic E-state index is -1.23. The molecule has 3 aromatic carbocycles. The number of carbonyl (C=O) groups is 6. The molecule has 0 saturated carbocycles. The van der Waals surface area contributed by atoms with Crippen molar-refractivity contribution in [1.29, 1.82) is 0 Å². The van der Waals surface area contributed by atoms with Gasteiger partial charge in [-0.2, -0.15) is 0 Å². The summed E-state index contributed by atoms with van der Waals surface area (Å²) in [6.45, 7) is 12.8. The summed E-state index contributed by atoms with van der Waals surface area (Å²) in [4.78, 5) is 85.4. The Hall–Kier alpha value is -6.04. The van der Waals surface area contributed by atoms with Crippen LogP contribution >= 0.6 is 0 Å². The highest BCUT2D eigenvalue weighted by Crippen LogP contribution is 2.44. The maximum atomic E-state index is 14.5. The number of hydrogen-bond acceptors (Lipinski definition) is 10. The number of benzene rings is 3. The minimum Gasteiger partial charge on any atom is -0.464 e. The van der Waals surface area contributed by atoms with Gasteiger partial charge in [-0.05, 0) is 73.3 Å². The highest BCUT2D eigenvalue weighted by atomic mass is 16.6. The number of ether oxygens (including phenoxy) is 2. The summed E-state index contributed by atoms with van der Waals surface area (Å²) in [6, 6.07) is 23.7. The van der Waals surface area contributed by atoms with E-state index in [9.17, 15) is 28.8 Å². The zero-order valence-corrected chi connectivity index (χ0v) is 36.9. The van der Waals surface area contributed by atoms with E-state index < -0.39 is 41.4 Å². The molecule has 328 valence electrons. The van der Waals surface area contributed by atoms with Crippen LogP contribution < -0.4 is 10.6 Å². The van der Waals surface area contributed by atoms with Crippen molar-refractivity contribution in [3.8, 4) is 11.1 Å². The quantitative estimate of drug-likeness (QED) is 0.127. The van der Waals surface area contributed by atoms with Crippen molar-refractivity contribution in [3.05, 3.63) is 119 Å². The SMILES string of the molecule is CCC(C)C(NC1=CC(=O)CN(C(=O)C(CC(C)C)NC2=CC(=O)CN(C(=O)C(Cc3ccccc3)C(=O)OCC3c4ccccc4-c4ccccc43)C2)C1)C(=O)OC(C)(C)C. The first-order valence-corrected chi connectivity index (χ1v) is 21.7. The van der Waals surface area contributed by atoms with Crippen molar-refractivity contribution >= 4 is 35.3 Å². The normalized spacial score (nSPS) is 17.2. The largest absolute Gasteiger partial charge is 0.464 e. The van der Waals surface area contributed by atoms with Crippen molar-refractivity contribution in [2.75, 3.05) is 32.8 Å². The van der Waals surface area contributed by atoms with E-state index in [2.05, 4.69) is 22.8 Å². The van der Waals surface area contributed by atoms with Gasteiger partial charge in [0.1, 0.15) is 30.2 Å². The molecule has 0 radical (unpaired) electrons. The molecule has 1 aliphatic carbocycles. The van der Waals surface area contributed by atoms with Crippen LogP contribution in [-0.4, -0.2) is 95.6 Å². The molecular formula is C50H60N4O8. The molecule has 2 aliphatic heterocycles. The lowest BCUT2D eigenvalue weighted by molar-refractivity contribution is -0.159. The summed E-state index contributed by atoms with van der Waals surface area (Å²) < 4.78 is 11.7. The van der Waals surface area contributed by atoms with Crippen LogP contribution in [0, 0.1) is 17.8 Å². The van der Waals surface area contributed by atoms with Gasteiger partial charge in [-0.25, -0.2) is 4.79 Å². The number of nitrogens with one attached hydrogen (secondary N) is 2. The zero-order valence-electron chi connectivity index (χ0n) is 36.9.